The molecule has 0 N–H and O–H groups in total. The van der Waals surface area contributed by atoms with Crippen molar-refractivity contribution in [1.82, 2.24) is 72.3 Å². The molecule has 0 spiro atoms. The Kier molecular flexibility index (Phi) is 38.2. The normalized spacial score (nSPS) is 14.2. The Morgan fingerprint density at radius 3 is 1.16 bits per heavy atom. The summed E-state index contributed by atoms with van der Waals surface area (Å²) in [6.45, 7) is 30.5. The minimum absolute atomic E-state index is 0.0953. The highest BCUT2D eigenvalue weighted by atomic mass is 16.5. The van der Waals surface area contributed by atoms with E-state index >= 15 is 0 Å². The molecule has 0 atom stereocenters. The highest BCUT2D eigenvalue weighted by Gasteiger charge is 2.26. The van der Waals surface area contributed by atoms with Gasteiger partial charge >= 0.3 is 0 Å². The number of methoxy groups -OCH3 is 2. The summed E-state index contributed by atoms with van der Waals surface area (Å²) in [4.78, 5) is 70.8. The van der Waals surface area contributed by atoms with Crippen LogP contribution < -0.4 is 14.4 Å². The minimum Gasteiger partial charge on any atom is -0.497 e. The van der Waals surface area contributed by atoms with Gasteiger partial charge in [-0.2, -0.15) is 0 Å². The van der Waals surface area contributed by atoms with E-state index in [0.717, 1.165) is 242 Å². The van der Waals surface area contributed by atoms with Crippen LogP contribution >= 0.6 is 0 Å². The zero-order valence-electron chi connectivity index (χ0n) is 83.6. The lowest BCUT2D eigenvalue weighted by atomic mass is 10.1. The molecule has 3 fully saturated rings. The zero-order valence-corrected chi connectivity index (χ0v) is 83.6. The van der Waals surface area contributed by atoms with Crippen LogP contribution in [0, 0.1) is 27.7 Å². The lowest BCUT2D eigenvalue weighted by Gasteiger charge is -2.35. The maximum absolute atomic E-state index is 13.0. The van der Waals surface area contributed by atoms with Crippen LogP contribution in [-0.2, 0) is 66.4 Å². The molecule has 0 radical (unpaired) electrons. The number of ether oxygens (including phenoxy) is 2. The number of anilines is 1. The summed E-state index contributed by atoms with van der Waals surface area (Å²) in [6.07, 6.45) is 22.6. The molecule has 0 unspecified atom stereocenters. The first-order valence-electron chi connectivity index (χ1n) is 49.2. The van der Waals surface area contributed by atoms with Gasteiger partial charge in [-0.3, -0.25) is 29.1 Å². The van der Waals surface area contributed by atoms with Crippen molar-refractivity contribution in [2.24, 2.45) is 0 Å². The van der Waals surface area contributed by atoms with Crippen LogP contribution in [0.2, 0.25) is 0 Å². The van der Waals surface area contributed by atoms with Crippen LogP contribution in [-0.4, -0.2) is 278 Å². The number of fused-ring (bicyclic) bond motifs is 4. The average Bonchev–Trinajstić information content (AvgIpc) is 1.64. The molecule has 5 aromatic heterocycles. The van der Waals surface area contributed by atoms with E-state index < -0.39 is 0 Å². The van der Waals surface area contributed by atoms with Gasteiger partial charge in [0.2, 0.25) is 11.8 Å². The van der Waals surface area contributed by atoms with Gasteiger partial charge in [0, 0.05) is 238 Å². The first-order chi connectivity index (χ1) is 66.0. The fraction of sp³-hybridized carbons (Fsp3) is 0.400. The van der Waals surface area contributed by atoms with Crippen LogP contribution in [0.3, 0.4) is 0 Å². The van der Waals surface area contributed by atoms with Gasteiger partial charge in [0.25, 0.3) is 0 Å². The average molecular weight is 1830 g/mol. The molecule has 0 aliphatic carbocycles. The first kappa shape index (κ1) is 101. The SMILES string of the molecule is COc1ccc(CCN2CCN(C(=O)/C=C/c3c(C)n(CCCN(C)C)c4ccccc34)CC2)cc1.COc1ccc(CN2CCN(C(=O)/C=C/c3c(C)n(CCCN(C)C)c4ccccc34)CC2)cc1.Cc1c(/C=C/C(=O)CCCc2ccccc2)c2ccccc2n1CCCN(C)C.Cc1nc(-c2cn(CCCN(C)C)c3ccccc23)cc(N2CCN(CCc3ccccc3)CC2)n1. The molecule has 0 saturated carbocycles. The van der Waals surface area contributed by atoms with E-state index in [9.17, 15) is 14.4 Å². The number of nitrogens with zero attached hydrogens (tertiary/aromatic N) is 16. The summed E-state index contributed by atoms with van der Waals surface area (Å²) in [7, 11) is 20.3. The van der Waals surface area contributed by atoms with Gasteiger partial charge < -0.3 is 62.0 Å². The maximum Gasteiger partial charge on any atom is 0.246 e. The van der Waals surface area contributed by atoms with Crippen LogP contribution in [0.4, 0.5) is 5.82 Å². The second-order valence-corrected chi connectivity index (χ2v) is 37.6. The predicted octanol–water partition coefficient (Wildman–Crippen LogP) is 18.8. The zero-order chi connectivity index (χ0) is 95.8. The number of aromatic nitrogens is 6. The number of benzene rings is 8. The molecular weight excluding hydrogens is 1690 g/mol. The number of rotatable bonds is 38. The van der Waals surface area contributed by atoms with Crippen molar-refractivity contribution < 1.29 is 23.9 Å². The number of para-hydroxylation sites is 4. The highest BCUT2D eigenvalue weighted by Crippen LogP contribution is 2.35. The third-order valence-corrected chi connectivity index (χ3v) is 26.7. The molecular formula is C115H148N16O5. The lowest BCUT2D eigenvalue weighted by molar-refractivity contribution is -0.128. The monoisotopic (exact) mass is 1830 g/mol. The molecule has 21 nitrogen and oxygen atoms in total. The van der Waals surface area contributed by atoms with E-state index in [2.05, 4.69) is 311 Å². The molecule has 3 saturated heterocycles. The number of hydrogen-bond acceptors (Lipinski definition) is 15. The highest BCUT2D eigenvalue weighted by molar-refractivity contribution is 6.01. The second kappa shape index (κ2) is 51.2. The van der Waals surface area contributed by atoms with Crippen molar-refractivity contribution >= 4 is 85.3 Å². The number of aryl methyl sites for hydroxylation is 6. The molecule has 136 heavy (non-hydrogen) atoms. The number of allylic oxidation sites excluding steroid dienone is 1. The molecule has 0 bridgehead atoms. The molecule has 21 heteroatoms. The Labute approximate surface area is 809 Å². The number of hydrogen-bond donors (Lipinski definition) is 0. The molecule has 16 rings (SSSR count). The minimum atomic E-state index is 0.0953. The number of amides is 2. The molecule has 718 valence electrons. The topological polar surface area (TPSA) is 148 Å². The Bertz CT molecular complexity index is 6040. The Morgan fingerprint density at radius 1 is 0.360 bits per heavy atom. The summed E-state index contributed by atoms with van der Waals surface area (Å²) in [6, 6.07) is 74.1. The van der Waals surface area contributed by atoms with Gasteiger partial charge in [0.15, 0.2) is 5.78 Å². The quantitative estimate of drug-likeness (QED) is 0.0338. The second-order valence-electron chi connectivity index (χ2n) is 37.6. The van der Waals surface area contributed by atoms with Crippen molar-refractivity contribution in [1.29, 1.82) is 0 Å². The van der Waals surface area contributed by atoms with Crippen LogP contribution in [0.5, 0.6) is 11.5 Å². The van der Waals surface area contributed by atoms with E-state index in [-0.39, 0.29) is 17.6 Å². The number of carbonyl (C=O) groups excluding carboxylic acids is 3. The van der Waals surface area contributed by atoms with E-state index in [1.54, 1.807) is 32.4 Å². The Hall–Kier alpha value is -12.1. The summed E-state index contributed by atoms with van der Waals surface area (Å²) in [5.74, 6) is 4.05. The summed E-state index contributed by atoms with van der Waals surface area (Å²) >= 11 is 0. The fourth-order valence-corrected chi connectivity index (χ4v) is 19.0. The molecule has 3 aliphatic heterocycles. The van der Waals surface area contributed by atoms with Crippen molar-refractivity contribution in [3.8, 4) is 22.8 Å². The molecule has 3 aliphatic rings. The van der Waals surface area contributed by atoms with Gasteiger partial charge in [-0.25, -0.2) is 9.97 Å². The Morgan fingerprint density at radius 2 is 0.728 bits per heavy atom. The third-order valence-electron chi connectivity index (χ3n) is 26.7. The molecule has 8 heterocycles. The molecule has 2 amide bonds. The summed E-state index contributed by atoms with van der Waals surface area (Å²) < 4.78 is 20.0. The van der Waals surface area contributed by atoms with E-state index in [4.69, 9.17) is 19.4 Å². The predicted molar refractivity (Wildman–Crippen MR) is 565 cm³/mol. The Balaban J connectivity index is 0.000000154. The van der Waals surface area contributed by atoms with Gasteiger partial charge in [-0.05, 0) is 257 Å². The van der Waals surface area contributed by atoms with E-state index in [0.29, 0.717) is 6.42 Å². The van der Waals surface area contributed by atoms with Crippen LogP contribution in [0.25, 0.3) is 73.1 Å². The third kappa shape index (κ3) is 28.8. The maximum atomic E-state index is 13.0. The lowest BCUT2D eigenvalue weighted by Crippen LogP contribution is -2.48. The van der Waals surface area contributed by atoms with Crippen LogP contribution in [0.1, 0.15) is 100 Å². The molecule has 8 aromatic carbocycles. The summed E-state index contributed by atoms with van der Waals surface area (Å²) in [5, 5.41) is 4.91. The van der Waals surface area contributed by atoms with E-state index in [1.165, 1.54) is 94.1 Å². The number of piperazine rings is 3. The fourth-order valence-electron chi connectivity index (χ4n) is 19.0. The van der Waals surface area contributed by atoms with Gasteiger partial charge in [0.1, 0.15) is 23.1 Å². The van der Waals surface area contributed by atoms with Gasteiger partial charge in [-0.1, -0.05) is 158 Å². The summed E-state index contributed by atoms with van der Waals surface area (Å²) in [5.41, 5.74) is 19.7. The van der Waals surface area contributed by atoms with Crippen molar-refractivity contribution in [2.75, 3.05) is 193 Å². The van der Waals surface area contributed by atoms with Gasteiger partial charge in [-0.15, -0.1) is 0 Å². The van der Waals surface area contributed by atoms with Crippen molar-refractivity contribution in [3.05, 3.63) is 299 Å². The molecule has 13 aromatic rings. The standard InChI is InChI=1S/C30H38N6.C30H40N4O2.C29H38N4O2.C26H32N2O/c1-24-31-28(27-23-36(16-9-15-33(2)3)29-13-8-7-12-26(27)29)22-30(32-24)35-20-18-34(19-21-35)17-14-25-10-5-4-6-11-25;1-24-27(28-8-5-6-9-29(28)34(24)18-7-17-31(2)3)14-15-30(35)33-22-20-32(21-23-33)19-16-25-10-12-26(36-4)13-11-25;1-23-26(27-8-5-6-9-28(27)33(23)17-7-16-30(2)3)14-15-29(34)32-20-18-31(19-21-32)22-24-10-12-25(35-4)13-11-24;1-21-24(18-17-23(29)14-9-13-22-11-5-4-6-12-22)25-15-7-8-16-26(25)28(21)20-10-19-27(2)3/h4-8,10-13,22-23H,9,14-21H2,1-3H3;5-6,8-15H,7,16-23H2,1-4H3;5-6,8-15H,7,16-22H2,1-4H3;4-8,11-12,15-18H,9-10,13-14,19-20H2,1-3H3/b;2*15-14+;18-17+. The van der Waals surface area contributed by atoms with Crippen molar-refractivity contribution in [2.45, 2.75) is 118 Å². The van der Waals surface area contributed by atoms with Gasteiger partial charge in [0.05, 0.1) is 19.9 Å². The number of ketones is 1. The first-order valence-corrected chi connectivity index (χ1v) is 49.2. The van der Waals surface area contributed by atoms with Crippen LogP contribution in [0.15, 0.2) is 237 Å². The number of carbonyl (C=O) groups is 3. The smallest absolute Gasteiger partial charge is 0.246 e. The van der Waals surface area contributed by atoms with E-state index in [1.807, 2.05) is 77.4 Å². The largest absolute Gasteiger partial charge is 0.497 e. The van der Waals surface area contributed by atoms with Crippen molar-refractivity contribution in [3.63, 3.8) is 0 Å².